The Kier molecular flexibility index (Phi) is 8.63. The number of carbonyl (C=O) groups is 1. The van der Waals surface area contributed by atoms with Crippen LogP contribution >= 0.6 is 0 Å². The molecule has 40 heavy (non-hydrogen) atoms. The van der Waals surface area contributed by atoms with Crippen LogP contribution in [0.15, 0.2) is 79.3 Å². The van der Waals surface area contributed by atoms with Crippen LogP contribution in [0.25, 0.3) is 0 Å². The molecular weight excluding hydrogens is 496 g/mol. The van der Waals surface area contributed by atoms with Crippen LogP contribution in [0.2, 0.25) is 0 Å². The maximum Gasteiger partial charge on any atom is 0.234 e. The first kappa shape index (κ1) is 27.6. The van der Waals surface area contributed by atoms with Crippen molar-refractivity contribution in [2.45, 2.75) is 78.5 Å². The second-order valence-corrected chi connectivity index (χ2v) is 11.5. The largest absolute Gasteiger partial charge is 0.489 e. The van der Waals surface area contributed by atoms with Gasteiger partial charge in [0.2, 0.25) is 5.91 Å². The summed E-state index contributed by atoms with van der Waals surface area (Å²) >= 11 is 0. The van der Waals surface area contributed by atoms with Gasteiger partial charge in [-0.2, -0.15) is 5.10 Å². The number of carbonyl (C=O) groups excluding carboxylic acids is 1. The van der Waals surface area contributed by atoms with E-state index < -0.39 is 0 Å². The Morgan fingerprint density at radius 1 is 1.00 bits per heavy atom. The SMILES string of the molecule is CC(C)Cn1cc(CN(C(=O)C2CCCc3c(OCc4ccccc4)cccc32)c2ccc(C(C)C)nc2)cn1. The standard InChI is InChI=1S/C34H40N4O2/c1-24(2)20-37-21-27(18-36-37)22-38(28-16-17-32(25(3)4)35-19-28)34(39)31-14-8-13-30-29(31)12-9-15-33(30)40-23-26-10-6-5-7-11-26/h5-7,9-12,15-19,21,24-25,31H,8,13-14,20,22-23H2,1-4H3. The molecule has 1 aliphatic rings. The van der Waals surface area contributed by atoms with E-state index in [1.54, 1.807) is 0 Å². The Hall–Kier alpha value is -3.93. The summed E-state index contributed by atoms with van der Waals surface area (Å²) in [5.74, 6) is 1.56. The molecule has 2 heterocycles. The van der Waals surface area contributed by atoms with Crippen molar-refractivity contribution in [2.24, 2.45) is 5.92 Å². The number of anilines is 1. The molecule has 2 aromatic carbocycles. The van der Waals surface area contributed by atoms with E-state index in [9.17, 15) is 4.79 Å². The molecule has 1 unspecified atom stereocenters. The summed E-state index contributed by atoms with van der Waals surface area (Å²) in [6.45, 7) is 10.4. The lowest BCUT2D eigenvalue weighted by Crippen LogP contribution is -2.36. The van der Waals surface area contributed by atoms with Crippen molar-refractivity contribution in [2.75, 3.05) is 4.90 Å². The molecule has 2 aromatic heterocycles. The monoisotopic (exact) mass is 536 g/mol. The average molecular weight is 537 g/mol. The molecule has 6 heteroatoms. The van der Waals surface area contributed by atoms with Crippen molar-refractivity contribution in [1.29, 1.82) is 0 Å². The van der Waals surface area contributed by atoms with E-state index in [0.717, 1.165) is 65.2 Å². The van der Waals surface area contributed by atoms with Crippen molar-refractivity contribution in [1.82, 2.24) is 14.8 Å². The Bertz CT molecular complexity index is 1410. The molecule has 0 saturated heterocycles. The van der Waals surface area contributed by atoms with Gasteiger partial charge in [-0.25, -0.2) is 0 Å². The average Bonchev–Trinajstić information content (AvgIpc) is 3.40. The topological polar surface area (TPSA) is 60.2 Å². The maximum absolute atomic E-state index is 14.4. The smallest absolute Gasteiger partial charge is 0.234 e. The summed E-state index contributed by atoms with van der Waals surface area (Å²) in [7, 11) is 0. The molecule has 0 N–H and O–H groups in total. The minimum absolute atomic E-state index is 0.0943. The predicted molar refractivity (Wildman–Crippen MR) is 159 cm³/mol. The van der Waals surface area contributed by atoms with E-state index in [-0.39, 0.29) is 11.8 Å². The number of amides is 1. The summed E-state index contributed by atoms with van der Waals surface area (Å²) in [6, 6.07) is 20.4. The molecule has 0 spiro atoms. The summed E-state index contributed by atoms with van der Waals surface area (Å²) in [5, 5.41) is 4.55. The first-order chi connectivity index (χ1) is 19.4. The fourth-order valence-corrected chi connectivity index (χ4v) is 5.47. The third-order valence-corrected chi connectivity index (χ3v) is 7.52. The summed E-state index contributed by atoms with van der Waals surface area (Å²) < 4.78 is 8.25. The highest BCUT2D eigenvalue weighted by Crippen LogP contribution is 2.39. The summed E-state index contributed by atoms with van der Waals surface area (Å²) in [6.07, 6.45) is 8.45. The zero-order valence-corrected chi connectivity index (χ0v) is 24.1. The van der Waals surface area contributed by atoms with E-state index >= 15 is 0 Å². The lowest BCUT2D eigenvalue weighted by Gasteiger charge is -2.31. The van der Waals surface area contributed by atoms with Crippen molar-refractivity contribution >= 4 is 11.6 Å². The maximum atomic E-state index is 14.4. The zero-order valence-electron chi connectivity index (χ0n) is 24.1. The van der Waals surface area contributed by atoms with Gasteiger partial charge < -0.3 is 9.64 Å². The molecule has 0 aliphatic heterocycles. The van der Waals surface area contributed by atoms with Gasteiger partial charge in [-0.1, -0.05) is 70.2 Å². The molecule has 0 fully saturated rings. The lowest BCUT2D eigenvalue weighted by molar-refractivity contribution is -0.120. The molecule has 5 rings (SSSR count). The molecule has 1 atom stereocenters. The number of hydrogen-bond acceptors (Lipinski definition) is 4. The Morgan fingerprint density at radius 2 is 1.82 bits per heavy atom. The van der Waals surface area contributed by atoms with E-state index in [0.29, 0.717) is 25.0 Å². The number of aromatic nitrogens is 3. The molecule has 0 bridgehead atoms. The molecule has 208 valence electrons. The van der Waals surface area contributed by atoms with Gasteiger partial charge in [-0.3, -0.25) is 14.5 Å². The number of benzene rings is 2. The van der Waals surface area contributed by atoms with E-state index in [4.69, 9.17) is 4.74 Å². The van der Waals surface area contributed by atoms with Crippen molar-refractivity contribution in [3.8, 4) is 5.75 Å². The van der Waals surface area contributed by atoms with Gasteiger partial charge >= 0.3 is 0 Å². The van der Waals surface area contributed by atoms with Crippen LogP contribution in [0, 0.1) is 5.92 Å². The van der Waals surface area contributed by atoms with Gasteiger partial charge in [0.05, 0.1) is 30.5 Å². The van der Waals surface area contributed by atoms with Gasteiger partial charge in [0.25, 0.3) is 0 Å². The van der Waals surface area contributed by atoms with Crippen LogP contribution < -0.4 is 9.64 Å². The van der Waals surface area contributed by atoms with Crippen molar-refractivity contribution in [3.63, 3.8) is 0 Å². The van der Waals surface area contributed by atoms with Gasteiger partial charge in [-0.15, -0.1) is 0 Å². The first-order valence-electron chi connectivity index (χ1n) is 14.5. The predicted octanol–water partition coefficient (Wildman–Crippen LogP) is 7.29. The van der Waals surface area contributed by atoms with Crippen LogP contribution in [-0.4, -0.2) is 20.7 Å². The fraction of sp³-hybridized carbons (Fsp3) is 0.382. The van der Waals surface area contributed by atoms with Crippen LogP contribution in [0.1, 0.15) is 80.3 Å². The zero-order chi connectivity index (χ0) is 28.1. The van der Waals surface area contributed by atoms with Crippen LogP contribution in [0.4, 0.5) is 5.69 Å². The molecule has 0 saturated carbocycles. The second-order valence-electron chi connectivity index (χ2n) is 11.5. The third-order valence-electron chi connectivity index (χ3n) is 7.52. The van der Waals surface area contributed by atoms with Gasteiger partial charge in [-0.05, 0) is 66.0 Å². The normalized spacial score (nSPS) is 14.8. The van der Waals surface area contributed by atoms with Gasteiger partial charge in [0.1, 0.15) is 12.4 Å². The number of ether oxygens (including phenoxy) is 1. The van der Waals surface area contributed by atoms with Crippen LogP contribution in [-0.2, 0) is 30.9 Å². The quantitative estimate of drug-likeness (QED) is 0.214. The minimum Gasteiger partial charge on any atom is -0.489 e. The van der Waals surface area contributed by atoms with E-state index in [2.05, 4.69) is 62.2 Å². The molecule has 0 radical (unpaired) electrons. The Balaban J connectivity index is 1.43. The third kappa shape index (κ3) is 6.44. The molecule has 6 nitrogen and oxygen atoms in total. The minimum atomic E-state index is -0.237. The number of pyridine rings is 1. The van der Waals surface area contributed by atoms with Gasteiger partial charge in [0.15, 0.2) is 0 Å². The molecular formula is C34H40N4O2. The Morgan fingerprint density at radius 3 is 2.55 bits per heavy atom. The van der Waals surface area contributed by atoms with E-state index in [1.165, 1.54) is 0 Å². The van der Waals surface area contributed by atoms with Crippen LogP contribution in [0.5, 0.6) is 5.75 Å². The number of rotatable bonds is 10. The number of nitrogens with zero attached hydrogens (tertiary/aromatic N) is 4. The summed E-state index contributed by atoms with van der Waals surface area (Å²) in [5.41, 5.74) is 6.21. The fourth-order valence-electron chi connectivity index (χ4n) is 5.47. The lowest BCUT2D eigenvalue weighted by atomic mass is 9.81. The number of fused-ring (bicyclic) bond motifs is 1. The van der Waals surface area contributed by atoms with Crippen molar-refractivity contribution in [3.05, 3.63) is 107 Å². The van der Waals surface area contributed by atoms with Crippen LogP contribution in [0.3, 0.4) is 0 Å². The van der Waals surface area contributed by atoms with Crippen molar-refractivity contribution < 1.29 is 9.53 Å². The highest BCUT2D eigenvalue weighted by Gasteiger charge is 2.32. The highest BCUT2D eigenvalue weighted by atomic mass is 16.5. The summed E-state index contributed by atoms with van der Waals surface area (Å²) in [4.78, 5) is 21.0. The van der Waals surface area contributed by atoms with Gasteiger partial charge in [0, 0.05) is 24.0 Å². The van der Waals surface area contributed by atoms with E-state index in [1.807, 2.05) is 64.4 Å². The molecule has 1 amide bonds. The number of hydrogen-bond donors (Lipinski definition) is 0. The molecule has 4 aromatic rings. The Labute approximate surface area is 238 Å². The highest BCUT2D eigenvalue weighted by molar-refractivity contribution is 5.98. The first-order valence-corrected chi connectivity index (χ1v) is 14.5. The molecule has 1 aliphatic carbocycles. The second kappa shape index (κ2) is 12.5.